The highest BCUT2D eigenvalue weighted by Crippen LogP contribution is 2.59. The first-order valence-corrected chi connectivity index (χ1v) is 16.8. The van der Waals surface area contributed by atoms with Gasteiger partial charge in [-0.25, -0.2) is 9.59 Å². The van der Waals surface area contributed by atoms with Gasteiger partial charge in [0, 0.05) is 13.1 Å². The van der Waals surface area contributed by atoms with Gasteiger partial charge in [-0.15, -0.1) is 6.58 Å². The molecule has 1 heterocycles. The topological polar surface area (TPSA) is 163 Å². The van der Waals surface area contributed by atoms with Crippen molar-refractivity contribution < 1.29 is 33.5 Å². The summed E-state index contributed by atoms with van der Waals surface area (Å²) in [5.74, 6) is -2.61. The van der Waals surface area contributed by atoms with Crippen LogP contribution in [0.1, 0.15) is 95.9 Å². The smallest absolute Gasteiger partial charge is 0.329 e. The third-order valence-corrected chi connectivity index (χ3v) is 8.74. The van der Waals surface area contributed by atoms with Gasteiger partial charge >= 0.3 is 12.0 Å². The number of hydrogen-bond acceptors (Lipinski definition) is 7. The Morgan fingerprint density at radius 2 is 1.45 bits per heavy atom. The van der Waals surface area contributed by atoms with Gasteiger partial charge in [0.05, 0.1) is 6.04 Å². The Labute approximate surface area is 280 Å². The maximum Gasteiger partial charge on any atom is 0.329 e. The van der Waals surface area contributed by atoms with Gasteiger partial charge in [0.1, 0.15) is 23.7 Å². The van der Waals surface area contributed by atoms with Gasteiger partial charge in [-0.1, -0.05) is 74.8 Å². The molecule has 2 rings (SSSR count). The van der Waals surface area contributed by atoms with Gasteiger partial charge in [0.25, 0.3) is 5.91 Å². The van der Waals surface area contributed by atoms with Crippen LogP contribution in [-0.4, -0.2) is 83.3 Å². The molecule has 4 N–H and O–H groups in total. The number of hydrogen-bond donors (Lipinski definition) is 4. The molecule has 2 aliphatic rings. The number of piperidine rings is 1. The molecular weight excluding hydrogens is 602 g/mol. The van der Waals surface area contributed by atoms with E-state index < -0.39 is 76.1 Å². The molecule has 47 heavy (non-hydrogen) atoms. The molecule has 12 heteroatoms. The first kappa shape index (κ1) is 39.7. The summed E-state index contributed by atoms with van der Waals surface area (Å²) in [5.41, 5.74) is -2.23. The van der Waals surface area contributed by atoms with E-state index in [1.54, 1.807) is 41.5 Å². The summed E-state index contributed by atoms with van der Waals surface area (Å²) in [4.78, 5) is 81.8. The van der Waals surface area contributed by atoms with Crippen molar-refractivity contribution in [3.63, 3.8) is 0 Å². The third kappa shape index (κ3) is 10.3. The number of rotatable bonds is 13. The Hall–Kier alpha value is -3.44. The number of nitrogens with zero attached hydrogens (tertiary/aromatic N) is 1. The molecule has 1 aliphatic heterocycles. The van der Waals surface area contributed by atoms with E-state index in [4.69, 9.17) is 4.74 Å². The molecule has 1 saturated heterocycles. The van der Waals surface area contributed by atoms with Gasteiger partial charge < -0.3 is 30.9 Å². The van der Waals surface area contributed by atoms with Gasteiger partial charge in [-0.05, 0) is 61.7 Å². The van der Waals surface area contributed by atoms with Crippen molar-refractivity contribution in [3.05, 3.63) is 12.7 Å². The monoisotopic (exact) mass is 661 g/mol. The van der Waals surface area contributed by atoms with Crippen LogP contribution in [0, 0.1) is 34.5 Å². The number of urea groups is 1. The number of likely N-dealkylation sites (tertiary alicyclic amines) is 1. The quantitative estimate of drug-likeness (QED) is 0.134. The van der Waals surface area contributed by atoms with Crippen molar-refractivity contribution >= 4 is 35.5 Å². The zero-order valence-corrected chi connectivity index (χ0v) is 30.5. The average molecular weight is 662 g/mol. The molecule has 0 radical (unpaired) electrons. The van der Waals surface area contributed by atoms with Crippen LogP contribution >= 0.6 is 0 Å². The van der Waals surface area contributed by atoms with E-state index in [-0.39, 0.29) is 36.6 Å². The number of Topliss-reactive ketones (excluding diaryl/α,β-unsaturated/α-hetero) is 1. The molecule has 2 fully saturated rings. The Kier molecular flexibility index (Phi) is 12.8. The van der Waals surface area contributed by atoms with Crippen molar-refractivity contribution in [1.29, 1.82) is 0 Å². The van der Waals surface area contributed by atoms with Crippen LogP contribution in [0.15, 0.2) is 12.7 Å². The summed E-state index contributed by atoms with van der Waals surface area (Å²) in [7, 11) is 0. The van der Waals surface area contributed by atoms with Gasteiger partial charge in [0.2, 0.25) is 17.6 Å². The highest BCUT2D eigenvalue weighted by Gasteiger charge is 2.65. The van der Waals surface area contributed by atoms with Crippen molar-refractivity contribution in [2.45, 2.75) is 126 Å². The number of carbonyl (C=O) groups excluding carboxylic acids is 6. The fraction of sp³-hybridized carbons (Fsp3) is 0.771. The van der Waals surface area contributed by atoms with Crippen LogP contribution in [0.3, 0.4) is 0 Å². The van der Waals surface area contributed by atoms with Crippen LogP contribution < -0.4 is 21.3 Å². The van der Waals surface area contributed by atoms with Crippen LogP contribution in [0.5, 0.6) is 0 Å². The van der Waals surface area contributed by atoms with E-state index in [0.717, 1.165) is 0 Å². The largest absolute Gasteiger partial charge is 0.458 e. The number of fused-ring (bicyclic) bond motifs is 1. The maximum atomic E-state index is 14.3. The molecule has 5 amide bonds. The minimum Gasteiger partial charge on any atom is -0.458 e. The standard InChI is InChI=1S/C35H59N5O7/c1-14-16-21(25(41)29(43)36-17-15-2)37-28(42)24-23-20(22(23)19(3)4)18-40(24)30(44)26(33(5,6)7)38-32(46)39-27(34(8,9)10)31(45)47-35(11,12)13/h15,19-24,26-27H,2,14,16-18H2,1,3-13H3,(H,36,43)(H,37,42)(H2,38,39,46)/t20-,21?,22?,23-,24+,26-,27-/m1/s1. The zero-order chi connectivity index (χ0) is 36.2. The molecule has 2 unspecified atom stereocenters. The van der Waals surface area contributed by atoms with Crippen molar-refractivity contribution in [2.75, 3.05) is 13.1 Å². The first-order chi connectivity index (χ1) is 21.5. The van der Waals surface area contributed by atoms with E-state index in [9.17, 15) is 28.8 Å². The zero-order valence-electron chi connectivity index (χ0n) is 30.5. The summed E-state index contributed by atoms with van der Waals surface area (Å²) in [6, 6.07) is -4.69. The minimum atomic E-state index is -1.05. The van der Waals surface area contributed by atoms with Gasteiger partial charge in [0.15, 0.2) is 0 Å². The first-order valence-electron chi connectivity index (χ1n) is 16.8. The summed E-state index contributed by atoms with van der Waals surface area (Å²) in [6.07, 6.45) is 2.26. The summed E-state index contributed by atoms with van der Waals surface area (Å²) in [5, 5.41) is 10.8. The highest BCUT2D eigenvalue weighted by atomic mass is 16.6. The second-order valence-corrected chi connectivity index (χ2v) is 16.5. The molecule has 7 atom stereocenters. The second kappa shape index (κ2) is 15.2. The van der Waals surface area contributed by atoms with E-state index in [0.29, 0.717) is 13.0 Å². The maximum absolute atomic E-state index is 14.3. The molecule has 1 saturated carbocycles. The average Bonchev–Trinajstić information content (AvgIpc) is 3.49. The van der Waals surface area contributed by atoms with Crippen molar-refractivity contribution in [2.24, 2.45) is 34.5 Å². The normalized spacial score (nSPS) is 22.7. The molecule has 0 aromatic rings. The van der Waals surface area contributed by atoms with Gasteiger partial charge in [-0.2, -0.15) is 0 Å². The third-order valence-electron chi connectivity index (χ3n) is 8.74. The minimum absolute atomic E-state index is 0.0952. The lowest BCUT2D eigenvalue weighted by atomic mass is 9.85. The predicted octanol–water partition coefficient (Wildman–Crippen LogP) is 3.34. The number of amides is 5. The molecular formula is C35H59N5O7. The van der Waals surface area contributed by atoms with Crippen molar-refractivity contribution in [1.82, 2.24) is 26.2 Å². The van der Waals surface area contributed by atoms with E-state index in [1.807, 2.05) is 27.7 Å². The summed E-state index contributed by atoms with van der Waals surface area (Å²) >= 11 is 0. The van der Waals surface area contributed by atoms with Crippen LogP contribution in [0.25, 0.3) is 0 Å². The van der Waals surface area contributed by atoms with Crippen LogP contribution in [0.4, 0.5) is 4.79 Å². The fourth-order valence-corrected chi connectivity index (χ4v) is 6.48. The highest BCUT2D eigenvalue weighted by molar-refractivity contribution is 6.38. The molecule has 0 spiro atoms. The summed E-state index contributed by atoms with van der Waals surface area (Å²) in [6.45, 7) is 26.1. The van der Waals surface area contributed by atoms with E-state index in [2.05, 4.69) is 41.7 Å². The Balaban J connectivity index is 2.36. The molecule has 266 valence electrons. The number of ether oxygens (including phenoxy) is 1. The Morgan fingerprint density at radius 3 is 1.91 bits per heavy atom. The van der Waals surface area contributed by atoms with Crippen molar-refractivity contribution in [3.8, 4) is 0 Å². The lowest BCUT2D eigenvalue weighted by molar-refractivity contribution is -0.160. The lowest BCUT2D eigenvalue weighted by Crippen LogP contribution is -2.62. The fourth-order valence-electron chi connectivity index (χ4n) is 6.48. The van der Waals surface area contributed by atoms with Gasteiger partial charge in [-0.3, -0.25) is 19.2 Å². The van der Waals surface area contributed by atoms with E-state index >= 15 is 0 Å². The number of carbonyl (C=O) groups is 6. The Morgan fingerprint density at radius 1 is 0.894 bits per heavy atom. The molecule has 1 aliphatic carbocycles. The number of ketones is 1. The number of nitrogens with one attached hydrogen (secondary N) is 4. The molecule has 0 aromatic carbocycles. The lowest BCUT2D eigenvalue weighted by Gasteiger charge is -2.38. The van der Waals surface area contributed by atoms with E-state index in [1.165, 1.54) is 11.0 Å². The Bertz CT molecular complexity index is 1210. The number of esters is 1. The molecule has 0 bridgehead atoms. The second-order valence-electron chi connectivity index (χ2n) is 16.5. The van der Waals surface area contributed by atoms with Crippen LogP contribution in [0.2, 0.25) is 0 Å². The molecule has 12 nitrogen and oxygen atoms in total. The SMILES string of the molecule is C=CCNC(=O)C(=O)C(CCC)NC(=O)[C@@H]1[C@H]2C(C(C)C)[C@H]2CN1C(=O)[C@@H](NC(=O)N[C@H](C(=O)OC(C)(C)C)C(C)(C)C)C(C)(C)C. The van der Waals surface area contributed by atoms with Crippen LogP contribution in [-0.2, 0) is 28.7 Å². The predicted molar refractivity (Wildman–Crippen MR) is 180 cm³/mol. The summed E-state index contributed by atoms with van der Waals surface area (Å²) < 4.78 is 5.56. The molecule has 0 aromatic heterocycles.